The smallest absolute Gasteiger partial charge is 0.187 e. The van der Waals surface area contributed by atoms with Gasteiger partial charge in [-0.25, -0.2) is 22.2 Å². The number of aryl methyl sites for hydroxylation is 2. The predicted octanol–water partition coefficient (Wildman–Crippen LogP) is 5.15. The Morgan fingerprint density at radius 1 is 1.03 bits per heavy atom. The molecule has 0 atom stereocenters. The van der Waals surface area contributed by atoms with Gasteiger partial charge in [0, 0.05) is 24.0 Å². The summed E-state index contributed by atoms with van der Waals surface area (Å²) in [5, 5.41) is 2.02. The van der Waals surface area contributed by atoms with Crippen molar-refractivity contribution in [2.45, 2.75) is 36.8 Å². The van der Waals surface area contributed by atoms with Crippen LogP contribution in [0.5, 0.6) is 0 Å². The number of benzene rings is 2. The molecule has 1 fully saturated rings. The average Bonchev–Trinajstić information content (AvgIpc) is 3.20. The van der Waals surface area contributed by atoms with Crippen molar-refractivity contribution >= 4 is 26.3 Å². The summed E-state index contributed by atoms with van der Waals surface area (Å²) in [6.07, 6.45) is 0.601. The lowest BCUT2D eigenvalue weighted by atomic mass is 10.1. The number of piperidine rings is 1. The first-order chi connectivity index (χ1) is 14.3. The highest BCUT2D eigenvalue weighted by Gasteiger charge is 2.35. The number of halogens is 2. The summed E-state index contributed by atoms with van der Waals surface area (Å²) in [5.41, 5.74) is 4.37. The van der Waals surface area contributed by atoms with E-state index in [1.165, 1.54) is 28.5 Å². The van der Waals surface area contributed by atoms with Gasteiger partial charge in [-0.2, -0.15) is 0 Å². The minimum absolute atomic E-state index is 0.300. The molecule has 2 heterocycles. The Labute approximate surface area is 179 Å². The number of rotatable bonds is 4. The summed E-state index contributed by atoms with van der Waals surface area (Å²) >= 11 is 1.52. The summed E-state index contributed by atoms with van der Waals surface area (Å²) in [6, 6.07) is 9.35. The summed E-state index contributed by atoms with van der Waals surface area (Å²) in [6.45, 7) is 5.08. The topological polar surface area (TPSA) is 50.3 Å². The third-order valence-electron chi connectivity index (χ3n) is 5.65. The molecule has 0 saturated carbocycles. The maximum absolute atomic E-state index is 14.0. The summed E-state index contributed by atoms with van der Waals surface area (Å²) in [4.78, 5) is 5.95. The second kappa shape index (κ2) is 8.07. The zero-order valence-electron chi connectivity index (χ0n) is 16.7. The number of thiazole rings is 1. The molecule has 0 N–H and O–H groups in total. The van der Waals surface area contributed by atoms with Crippen LogP contribution in [-0.2, 0) is 9.84 Å². The number of aromatic nitrogens is 1. The lowest BCUT2D eigenvalue weighted by Crippen LogP contribution is -2.39. The van der Waals surface area contributed by atoms with Gasteiger partial charge in [-0.05, 0) is 56.0 Å². The van der Waals surface area contributed by atoms with Crippen molar-refractivity contribution in [1.29, 1.82) is 0 Å². The van der Waals surface area contributed by atoms with Crippen molar-refractivity contribution in [3.05, 3.63) is 64.5 Å². The van der Waals surface area contributed by atoms with E-state index < -0.39 is 31.6 Å². The number of hydrogen-bond donors (Lipinski definition) is 0. The second-order valence-corrected chi connectivity index (χ2v) is 10.6. The Bertz CT molecular complexity index is 1160. The van der Waals surface area contributed by atoms with Crippen LogP contribution in [0.1, 0.15) is 24.0 Å². The first-order valence-electron chi connectivity index (χ1n) is 9.73. The van der Waals surface area contributed by atoms with Crippen LogP contribution in [-0.4, -0.2) is 31.7 Å². The molecule has 2 aromatic carbocycles. The van der Waals surface area contributed by atoms with Gasteiger partial charge >= 0.3 is 0 Å². The van der Waals surface area contributed by atoms with Crippen molar-refractivity contribution in [3.8, 4) is 11.3 Å². The normalized spacial score (nSPS) is 15.5. The quantitative estimate of drug-likeness (QED) is 0.554. The summed E-state index contributed by atoms with van der Waals surface area (Å²) < 4.78 is 53.7. The van der Waals surface area contributed by atoms with Gasteiger partial charge in [0.25, 0.3) is 0 Å². The van der Waals surface area contributed by atoms with Crippen molar-refractivity contribution < 1.29 is 17.2 Å². The molecule has 158 valence electrons. The van der Waals surface area contributed by atoms with E-state index in [1.807, 2.05) is 16.3 Å². The molecule has 30 heavy (non-hydrogen) atoms. The maximum Gasteiger partial charge on any atom is 0.187 e. The van der Waals surface area contributed by atoms with E-state index >= 15 is 0 Å². The fourth-order valence-corrected chi connectivity index (χ4v) is 6.45. The number of nitrogens with zero attached hydrogens (tertiary/aromatic N) is 2. The first-order valence-corrected chi connectivity index (χ1v) is 12.2. The summed E-state index contributed by atoms with van der Waals surface area (Å²) in [7, 11) is -4.07. The van der Waals surface area contributed by atoms with Gasteiger partial charge in [0.15, 0.2) is 15.0 Å². The van der Waals surface area contributed by atoms with Crippen LogP contribution in [0.15, 0.2) is 46.7 Å². The van der Waals surface area contributed by atoms with Crippen LogP contribution in [0.25, 0.3) is 11.3 Å². The van der Waals surface area contributed by atoms with Crippen LogP contribution >= 0.6 is 11.3 Å². The van der Waals surface area contributed by atoms with E-state index in [4.69, 9.17) is 4.98 Å². The van der Waals surface area contributed by atoms with E-state index in [9.17, 15) is 17.2 Å². The van der Waals surface area contributed by atoms with Crippen LogP contribution in [0.2, 0.25) is 0 Å². The van der Waals surface area contributed by atoms with E-state index in [2.05, 4.69) is 26.0 Å². The Balaban J connectivity index is 1.49. The van der Waals surface area contributed by atoms with Gasteiger partial charge in [-0.15, -0.1) is 11.3 Å². The van der Waals surface area contributed by atoms with E-state index in [1.54, 1.807) is 0 Å². The molecule has 0 amide bonds. The number of hydrogen-bond acceptors (Lipinski definition) is 5. The van der Waals surface area contributed by atoms with Gasteiger partial charge in [-0.1, -0.05) is 18.2 Å². The number of anilines is 1. The Morgan fingerprint density at radius 3 is 2.33 bits per heavy atom. The van der Waals surface area contributed by atoms with Crippen molar-refractivity contribution in [1.82, 2.24) is 4.98 Å². The highest BCUT2D eigenvalue weighted by molar-refractivity contribution is 7.92. The predicted molar refractivity (Wildman–Crippen MR) is 116 cm³/mol. The molecule has 4 rings (SSSR count). The molecule has 0 unspecified atom stereocenters. The Hall–Kier alpha value is -2.32. The monoisotopic (exact) mass is 448 g/mol. The third-order valence-corrected chi connectivity index (χ3v) is 8.86. The maximum atomic E-state index is 14.0. The highest BCUT2D eigenvalue weighted by Crippen LogP contribution is 2.33. The van der Waals surface area contributed by atoms with Crippen molar-refractivity contribution in [2.24, 2.45) is 0 Å². The molecule has 0 bridgehead atoms. The van der Waals surface area contributed by atoms with E-state index in [0.717, 1.165) is 28.5 Å². The van der Waals surface area contributed by atoms with Gasteiger partial charge in [0.05, 0.1) is 10.9 Å². The number of sulfone groups is 1. The zero-order valence-corrected chi connectivity index (χ0v) is 18.4. The second-order valence-electron chi connectivity index (χ2n) is 7.60. The van der Waals surface area contributed by atoms with Crippen LogP contribution < -0.4 is 4.90 Å². The van der Waals surface area contributed by atoms with Gasteiger partial charge in [-0.3, -0.25) is 0 Å². The summed E-state index contributed by atoms with van der Waals surface area (Å²) in [5.74, 6) is -2.06. The minimum atomic E-state index is -4.07. The van der Waals surface area contributed by atoms with Gasteiger partial charge in [0.1, 0.15) is 16.5 Å². The SMILES string of the molecule is Cc1ccc(-c2csc(N3CCC(S(=O)(=O)c4c(F)cccc4F)CC3)n2)cc1C. The molecule has 1 aliphatic rings. The Morgan fingerprint density at radius 2 is 1.70 bits per heavy atom. The third kappa shape index (κ3) is 3.86. The standard InChI is InChI=1S/C22H22F2N2O2S2/c1-14-6-7-16(12-15(14)2)20-13-29-22(25-20)26-10-8-17(9-11-26)30(27,28)21-18(23)4-3-5-19(21)24/h3-7,12-13,17H,8-11H2,1-2H3. The first kappa shape index (κ1) is 20.9. The molecule has 0 aliphatic carbocycles. The molecule has 8 heteroatoms. The van der Waals surface area contributed by atoms with E-state index in [0.29, 0.717) is 25.9 Å². The lowest BCUT2D eigenvalue weighted by Gasteiger charge is -2.31. The lowest BCUT2D eigenvalue weighted by molar-refractivity contribution is 0.497. The molecule has 3 aromatic rings. The minimum Gasteiger partial charge on any atom is -0.348 e. The molecule has 0 radical (unpaired) electrons. The molecule has 0 spiro atoms. The van der Waals surface area contributed by atoms with Crippen LogP contribution in [0.4, 0.5) is 13.9 Å². The molecule has 1 saturated heterocycles. The van der Waals surface area contributed by atoms with Gasteiger partial charge in [0.2, 0.25) is 0 Å². The van der Waals surface area contributed by atoms with Crippen molar-refractivity contribution in [3.63, 3.8) is 0 Å². The Kier molecular flexibility index (Phi) is 5.63. The fraction of sp³-hybridized carbons (Fsp3) is 0.318. The molecule has 1 aromatic heterocycles. The molecule has 4 nitrogen and oxygen atoms in total. The van der Waals surface area contributed by atoms with E-state index in [-0.39, 0.29) is 0 Å². The van der Waals surface area contributed by atoms with Crippen LogP contribution in [0.3, 0.4) is 0 Å². The van der Waals surface area contributed by atoms with Crippen LogP contribution in [0, 0.1) is 25.5 Å². The largest absolute Gasteiger partial charge is 0.348 e. The van der Waals surface area contributed by atoms with Crippen molar-refractivity contribution in [2.75, 3.05) is 18.0 Å². The highest BCUT2D eigenvalue weighted by atomic mass is 32.2. The molecular weight excluding hydrogens is 426 g/mol. The zero-order chi connectivity index (χ0) is 21.5. The van der Waals surface area contributed by atoms with Gasteiger partial charge < -0.3 is 4.90 Å². The molecular formula is C22H22F2N2O2S2. The average molecular weight is 449 g/mol. The fourth-order valence-electron chi connectivity index (χ4n) is 3.72. The molecule has 1 aliphatic heterocycles.